The second-order valence-electron chi connectivity index (χ2n) is 26.9. The summed E-state index contributed by atoms with van der Waals surface area (Å²) >= 11 is 0. The lowest BCUT2D eigenvalue weighted by atomic mass is 10.0. The van der Waals surface area contributed by atoms with Crippen LogP contribution in [0.5, 0.6) is 0 Å². The van der Waals surface area contributed by atoms with Gasteiger partial charge in [-0.1, -0.05) is 194 Å². The molecule has 0 radical (unpaired) electrons. The third-order valence-electron chi connectivity index (χ3n) is 18.2. The van der Waals surface area contributed by atoms with Crippen LogP contribution in [-0.4, -0.2) is 203 Å². The van der Waals surface area contributed by atoms with Crippen molar-refractivity contribution in [3.8, 4) is 0 Å². The third kappa shape index (κ3) is 30.7. The molecule has 10 rings (SSSR count). The fraction of sp³-hybridized carbons (Fsp3) is 0.294. The second-order valence-corrected chi connectivity index (χ2v) is 26.9. The number of aliphatic hydroxyl groups is 1. The Balaban J connectivity index is 0.000000291. The van der Waals surface area contributed by atoms with Crippen molar-refractivity contribution >= 4 is 104 Å². The molecule has 34 heteroatoms. The molecule has 0 saturated carbocycles. The Morgan fingerprint density at radius 3 is 1.20 bits per heavy atom. The van der Waals surface area contributed by atoms with Crippen LogP contribution in [0.4, 0.5) is 11.4 Å². The Morgan fingerprint density at radius 2 is 0.798 bits per heavy atom. The fourth-order valence-electron chi connectivity index (χ4n) is 12.2. The summed E-state index contributed by atoms with van der Waals surface area (Å²) in [5, 5.41) is 53.5. The number of aliphatic hydroxyl groups excluding tert-OH is 1. The van der Waals surface area contributed by atoms with E-state index in [4.69, 9.17) is 41.3 Å². The Labute approximate surface area is 686 Å². The normalized spacial score (nSPS) is 20.0. The summed E-state index contributed by atoms with van der Waals surface area (Å²) < 4.78 is 23.2. The predicted octanol–water partition coefficient (Wildman–Crippen LogP) is 3.29. The van der Waals surface area contributed by atoms with E-state index in [0.29, 0.717) is 28.1 Å². The molecule has 2 aliphatic rings. The van der Waals surface area contributed by atoms with Gasteiger partial charge in [0.2, 0.25) is 47.3 Å². The number of hydrogen-bond donors (Lipinski definition) is 15. The summed E-state index contributed by atoms with van der Waals surface area (Å²) in [4.78, 5) is 153. The van der Waals surface area contributed by atoms with Crippen LogP contribution in [0.2, 0.25) is 0 Å². The van der Waals surface area contributed by atoms with Crippen molar-refractivity contribution in [3.63, 3.8) is 0 Å². The van der Waals surface area contributed by atoms with E-state index in [9.17, 15) is 58.1 Å². The van der Waals surface area contributed by atoms with Gasteiger partial charge >= 0.3 is 0 Å². The standard InChI is InChI=1S/C42H47N9O9.C42H48N8O7.CH4O/c43-42(50-51(57)58)44-22-12-21-33-38(53)49-36(40(55)45-32-20-11-18-29-15-7-8-19-31(29)32)27-60-24-10-9-23-59-26-35(48-37(52)30-16-5-2-6-17-30)41(56)47-34(39(54)46-33)25-28-13-3-1-4-14-28;43-42(44)45-22-12-21-33-38(52)50-36(40(54)46-32-20-11-18-29-15-7-8-19-31(29)32)27-57-24-10-9-23-56-26-35(49-37(51)30-16-5-2-6-17-30)41(55)48-34(39(53)47-33)25-28-13-3-1-4-14-28;1-2/h1-11,13-20,33-36H,12,21-27H2,(H,45,55)(H,46,54)(H,47,56)(H,48,52)(H,49,53)(H3,43,44,50);1-11,13-20,33-36H,12,21-27H2,(H,46,54)(H,47,53)(H,48,55)(H,49,51)(H,50,52)(H4,43,44,45);2H,1H3/b2*10-9+;/t2*33-,34+,35-,36-;/m00./s1. The molecule has 8 aromatic rings. The van der Waals surface area contributed by atoms with Gasteiger partial charge < -0.3 is 99.7 Å². The molecule has 119 heavy (non-hydrogen) atoms. The first-order valence-corrected chi connectivity index (χ1v) is 38.3. The van der Waals surface area contributed by atoms with Crippen molar-refractivity contribution in [1.29, 1.82) is 0 Å². The van der Waals surface area contributed by atoms with E-state index in [-0.39, 0.29) is 110 Å². The molecule has 0 unspecified atom stereocenters. The monoisotopic (exact) mass is 1630 g/mol. The van der Waals surface area contributed by atoms with Crippen LogP contribution < -0.4 is 75.7 Å². The average molecular weight is 1630 g/mol. The Morgan fingerprint density at radius 1 is 0.445 bits per heavy atom. The summed E-state index contributed by atoms with van der Waals surface area (Å²) in [5.74, 6) is -7.01. The zero-order valence-corrected chi connectivity index (χ0v) is 65.4. The predicted molar refractivity (Wildman–Crippen MR) is 448 cm³/mol. The van der Waals surface area contributed by atoms with Gasteiger partial charge in [0, 0.05) is 66.3 Å². The van der Waals surface area contributed by atoms with Crippen LogP contribution in [0.15, 0.2) is 241 Å². The molecule has 34 nitrogen and oxygen atoms in total. The number of carbonyl (C=O) groups is 10. The fourth-order valence-corrected chi connectivity index (χ4v) is 12.2. The molecular weight excluding hydrogens is 1530 g/mol. The second kappa shape index (κ2) is 49.2. The number of nitrogens with two attached hydrogens (primary N) is 3. The number of benzene rings is 8. The van der Waals surface area contributed by atoms with Gasteiger partial charge in [-0.3, -0.25) is 52.9 Å². The lowest BCUT2D eigenvalue weighted by Crippen LogP contribution is -2.59. The van der Waals surface area contributed by atoms with Crippen molar-refractivity contribution in [1.82, 2.24) is 47.9 Å². The molecular formula is C85H99N17O17. The van der Waals surface area contributed by atoms with E-state index in [2.05, 4.69) is 68.6 Å². The summed E-state index contributed by atoms with van der Waals surface area (Å²) in [6.45, 7) is -0.584. The largest absolute Gasteiger partial charge is 0.400 e. The summed E-state index contributed by atoms with van der Waals surface area (Å²) in [6, 6.07) is 50.7. The Hall–Kier alpha value is -13.8. The smallest absolute Gasteiger partial charge is 0.266 e. The molecule has 2 heterocycles. The van der Waals surface area contributed by atoms with Gasteiger partial charge in [0.15, 0.2) is 11.0 Å². The minimum Gasteiger partial charge on any atom is -0.400 e. The van der Waals surface area contributed by atoms with E-state index in [1.165, 1.54) is 0 Å². The molecule has 0 aromatic heterocycles. The third-order valence-corrected chi connectivity index (χ3v) is 18.2. The molecule has 8 atom stereocenters. The number of anilines is 2. The van der Waals surface area contributed by atoms with E-state index in [1.807, 2.05) is 72.8 Å². The number of aliphatic imine (C=N–C) groups is 1. The number of amides is 10. The first-order valence-electron chi connectivity index (χ1n) is 38.3. The quantitative estimate of drug-likeness (QED) is 0.0123. The summed E-state index contributed by atoms with van der Waals surface area (Å²) in [6.07, 6.45) is 7.11. The van der Waals surface area contributed by atoms with Gasteiger partial charge in [0.25, 0.3) is 17.8 Å². The van der Waals surface area contributed by atoms with Gasteiger partial charge in [0.05, 0.1) is 52.9 Å². The van der Waals surface area contributed by atoms with Crippen molar-refractivity contribution < 1.29 is 77.0 Å². The number of rotatable bonds is 21. The van der Waals surface area contributed by atoms with Crippen LogP contribution in [0, 0.1) is 10.1 Å². The van der Waals surface area contributed by atoms with Crippen molar-refractivity contribution in [2.24, 2.45) is 27.3 Å². The van der Waals surface area contributed by atoms with Gasteiger partial charge in [0.1, 0.15) is 53.4 Å². The highest BCUT2D eigenvalue weighted by atomic mass is 16.7. The van der Waals surface area contributed by atoms with Gasteiger partial charge in [-0.15, -0.1) is 0 Å². The minimum absolute atomic E-state index is 0.00491. The van der Waals surface area contributed by atoms with Crippen LogP contribution >= 0.6 is 0 Å². The molecule has 0 fully saturated rings. The maximum Gasteiger partial charge on any atom is 0.266 e. The summed E-state index contributed by atoms with van der Waals surface area (Å²) in [5.41, 5.74) is 19.7. The van der Waals surface area contributed by atoms with Crippen molar-refractivity contribution in [3.05, 3.63) is 263 Å². The maximum atomic E-state index is 14.2. The number of guanidine groups is 2. The highest BCUT2D eigenvalue weighted by Gasteiger charge is 2.35. The molecule has 8 aromatic carbocycles. The first-order chi connectivity index (χ1) is 57.7. The number of hydrogen-bond acceptors (Lipinski definition) is 18. The van der Waals surface area contributed by atoms with E-state index >= 15 is 0 Å². The molecule has 10 amide bonds. The number of nitrogens with zero attached hydrogens (tertiary/aromatic N) is 3. The van der Waals surface area contributed by atoms with Crippen LogP contribution in [0.1, 0.15) is 57.5 Å². The van der Waals surface area contributed by atoms with E-state index in [1.54, 1.807) is 158 Å². The van der Waals surface area contributed by atoms with Crippen LogP contribution in [0.3, 0.4) is 0 Å². The Kier molecular flexibility index (Phi) is 37.5. The number of nitro groups is 1. The molecule has 2 aliphatic heterocycles. The topological polar surface area (TPSA) is 506 Å². The lowest BCUT2D eigenvalue weighted by Gasteiger charge is -2.27. The molecule has 0 bridgehead atoms. The number of hydrazone groups is 1. The van der Waals surface area contributed by atoms with Crippen molar-refractivity contribution in [2.75, 3.05) is 83.7 Å². The average Bonchev–Trinajstić information content (AvgIpc) is 0.825. The highest BCUT2D eigenvalue weighted by Crippen LogP contribution is 2.25. The number of ether oxygens (including phenoxy) is 4. The van der Waals surface area contributed by atoms with Gasteiger partial charge in [-0.2, -0.15) is 0 Å². The maximum absolute atomic E-state index is 14.2. The van der Waals surface area contributed by atoms with Crippen LogP contribution in [0.25, 0.3) is 21.5 Å². The zero-order chi connectivity index (χ0) is 85.1. The number of nitrogens with one attached hydrogen (secondary N) is 11. The van der Waals surface area contributed by atoms with E-state index in [0.717, 1.165) is 34.2 Å². The Bertz CT molecular complexity index is 4800. The first kappa shape index (κ1) is 90.7. The number of fused-ring (bicyclic) bond motifs is 2. The van der Waals surface area contributed by atoms with Crippen molar-refractivity contribution in [2.45, 2.75) is 86.9 Å². The molecule has 0 aliphatic carbocycles. The SMILES string of the molecule is CO.N/C(=N\[N+](=O)[O-])NCCC[C@@H]1NC(=O)[C@@H](Cc2ccccc2)NC(=O)[C@@H](NC(=O)c2ccccc2)COC/C=C/COC[C@@H](C(=O)Nc2cccc3ccccc23)NC1=O.NC(N)=NCCC[C@@H]1NC(=O)[C@@H](Cc2ccccc2)NC(=O)[C@@H](NC(=O)c2ccccc2)COC/C=C/COC[C@@H](C(=O)Nc2cccc3ccccc23)NC1=O. The highest BCUT2D eigenvalue weighted by molar-refractivity contribution is 6.07. The van der Waals surface area contributed by atoms with Gasteiger partial charge in [-0.25, -0.2) is 10.1 Å². The lowest BCUT2D eigenvalue weighted by molar-refractivity contribution is -0.485. The molecule has 0 saturated heterocycles. The van der Waals surface area contributed by atoms with E-state index < -0.39 is 118 Å². The molecule has 626 valence electrons. The molecule has 0 spiro atoms. The molecule has 18 N–H and O–H groups in total. The van der Waals surface area contributed by atoms with Gasteiger partial charge in [-0.05, 0) is 84.0 Å². The zero-order valence-electron chi connectivity index (χ0n) is 65.4. The van der Waals surface area contributed by atoms with Crippen LogP contribution in [-0.2, 0) is 70.1 Å². The summed E-state index contributed by atoms with van der Waals surface area (Å²) in [7, 11) is 1.00. The number of carbonyl (C=O) groups excluding carboxylic acids is 10. The minimum atomic E-state index is -1.30.